The van der Waals surface area contributed by atoms with Gasteiger partial charge in [-0.3, -0.25) is 0 Å². The highest BCUT2D eigenvalue weighted by Crippen LogP contribution is 2.21. The molecule has 0 bridgehead atoms. The number of hydrogen-bond acceptors (Lipinski definition) is 4. The fourth-order valence-corrected chi connectivity index (χ4v) is 2.21. The number of benzene rings is 1. The van der Waals surface area contributed by atoms with Crippen LogP contribution in [0.3, 0.4) is 0 Å². The van der Waals surface area contributed by atoms with Crippen LogP contribution < -0.4 is 10.6 Å². The van der Waals surface area contributed by atoms with Crippen LogP contribution in [-0.2, 0) is 6.54 Å². The number of nitrogens with one attached hydrogen (secondary N) is 2. The number of amides is 2. The second kappa shape index (κ2) is 6.07. The van der Waals surface area contributed by atoms with Crippen molar-refractivity contribution in [2.45, 2.75) is 6.54 Å². The number of aromatic carboxylic acids is 1. The molecule has 2 amide bonds. The molecule has 6 nitrogen and oxygen atoms in total. The fourth-order valence-electron chi connectivity index (χ4n) is 1.54. The van der Waals surface area contributed by atoms with Crippen molar-refractivity contribution in [2.24, 2.45) is 0 Å². The molecule has 0 aliphatic rings. The van der Waals surface area contributed by atoms with Gasteiger partial charge < -0.3 is 20.8 Å². The molecule has 0 atom stereocenters. The molecule has 2 aromatic rings. The number of hydrogen-bond donors (Lipinski definition) is 4. The van der Waals surface area contributed by atoms with Crippen molar-refractivity contribution in [3.05, 3.63) is 46.2 Å². The van der Waals surface area contributed by atoms with Crippen LogP contribution >= 0.6 is 11.3 Å². The Hall–Kier alpha value is -2.54. The zero-order chi connectivity index (χ0) is 14.5. The minimum absolute atomic E-state index is 0.214. The third-order valence-electron chi connectivity index (χ3n) is 2.52. The van der Waals surface area contributed by atoms with E-state index in [1.54, 1.807) is 11.3 Å². The van der Waals surface area contributed by atoms with Gasteiger partial charge in [-0.2, -0.15) is 11.3 Å². The number of carbonyl (C=O) groups is 2. The van der Waals surface area contributed by atoms with E-state index in [9.17, 15) is 14.7 Å². The summed E-state index contributed by atoms with van der Waals surface area (Å²) < 4.78 is 0. The smallest absolute Gasteiger partial charge is 0.339 e. The van der Waals surface area contributed by atoms with Crippen molar-refractivity contribution < 1.29 is 19.8 Å². The van der Waals surface area contributed by atoms with Crippen molar-refractivity contribution in [1.29, 1.82) is 0 Å². The molecule has 0 unspecified atom stereocenters. The Labute approximate surface area is 118 Å². The average molecular weight is 292 g/mol. The van der Waals surface area contributed by atoms with Crippen molar-refractivity contribution >= 4 is 29.0 Å². The molecule has 7 heteroatoms. The summed E-state index contributed by atoms with van der Waals surface area (Å²) in [6.45, 7) is 0.397. The van der Waals surface area contributed by atoms with Gasteiger partial charge in [0.2, 0.25) is 0 Å². The first kappa shape index (κ1) is 13.9. The van der Waals surface area contributed by atoms with Gasteiger partial charge >= 0.3 is 12.0 Å². The van der Waals surface area contributed by atoms with E-state index in [4.69, 9.17) is 5.11 Å². The van der Waals surface area contributed by atoms with Crippen LogP contribution in [0.15, 0.2) is 35.0 Å². The maximum absolute atomic E-state index is 11.6. The largest absolute Gasteiger partial charge is 0.507 e. The van der Waals surface area contributed by atoms with Gasteiger partial charge in [0.15, 0.2) is 0 Å². The van der Waals surface area contributed by atoms with Gasteiger partial charge in [0.05, 0.1) is 0 Å². The maximum atomic E-state index is 11.6. The number of urea groups is 1. The SMILES string of the molecule is O=C(NCc1ccsc1)Nc1ccc(C(=O)O)c(O)c1. The molecule has 0 spiro atoms. The first-order chi connectivity index (χ1) is 9.56. The highest BCUT2D eigenvalue weighted by molar-refractivity contribution is 7.07. The Morgan fingerprint density at radius 1 is 1.25 bits per heavy atom. The number of carbonyl (C=O) groups excluding carboxylic acids is 1. The minimum Gasteiger partial charge on any atom is -0.507 e. The summed E-state index contributed by atoms with van der Waals surface area (Å²) in [7, 11) is 0. The van der Waals surface area contributed by atoms with Crippen LogP contribution in [0.4, 0.5) is 10.5 Å². The molecular formula is C13H12N2O4S. The third-order valence-corrected chi connectivity index (χ3v) is 3.25. The molecule has 1 aromatic heterocycles. The van der Waals surface area contributed by atoms with Gasteiger partial charge in [0, 0.05) is 18.3 Å². The van der Waals surface area contributed by atoms with Gasteiger partial charge in [0.1, 0.15) is 11.3 Å². The molecule has 0 fully saturated rings. The highest BCUT2D eigenvalue weighted by atomic mass is 32.1. The lowest BCUT2D eigenvalue weighted by molar-refractivity contribution is 0.0694. The van der Waals surface area contributed by atoms with Crippen LogP contribution in [0.2, 0.25) is 0 Å². The number of rotatable bonds is 4. The molecule has 1 aromatic carbocycles. The lowest BCUT2D eigenvalue weighted by Gasteiger charge is -2.08. The molecule has 104 valence electrons. The minimum atomic E-state index is -1.23. The van der Waals surface area contributed by atoms with E-state index in [1.807, 2.05) is 16.8 Å². The van der Waals surface area contributed by atoms with E-state index in [0.717, 1.165) is 5.56 Å². The van der Waals surface area contributed by atoms with E-state index in [2.05, 4.69) is 10.6 Å². The summed E-state index contributed by atoms with van der Waals surface area (Å²) in [6.07, 6.45) is 0. The van der Waals surface area contributed by atoms with E-state index in [0.29, 0.717) is 12.2 Å². The van der Waals surface area contributed by atoms with Crippen molar-refractivity contribution in [3.8, 4) is 5.75 Å². The molecule has 0 aliphatic carbocycles. The average Bonchev–Trinajstić information content (AvgIpc) is 2.89. The van der Waals surface area contributed by atoms with Crippen LogP contribution in [0, 0.1) is 0 Å². The number of carboxylic acids is 1. The summed E-state index contributed by atoms with van der Waals surface area (Å²) >= 11 is 1.54. The molecule has 0 aliphatic heterocycles. The Balaban J connectivity index is 1.94. The fraction of sp³-hybridized carbons (Fsp3) is 0.0769. The number of carboxylic acid groups (broad SMARTS) is 1. The van der Waals surface area contributed by atoms with Gasteiger partial charge in [-0.25, -0.2) is 9.59 Å². The molecule has 4 N–H and O–H groups in total. The second-order valence-corrected chi connectivity index (χ2v) is 4.76. The van der Waals surface area contributed by atoms with Gasteiger partial charge in [-0.1, -0.05) is 0 Å². The van der Waals surface area contributed by atoms with Crippen molar-refractivity contribution in [3.63, 3.8) is 0 Å². The summed E-state index contributed by atoms with van der Waals surface area (Å²) in [5.74, 6) is -1.62. The molecule has 1 heterocycles. The maximum Gasteiger partial charge on any atom is 0.339 e. The van der Waals surface area contributed by atoms with Gasteiger partial charge in [-0.05, 0) is 34.5 Å². The Morgan fingerprint density at radius 2 is 2.05 bits per heavy atom. The number of phenols is 1. The van der Waals surface area contributed by atoms with E-state index in [-0.39, 0.29) is 5.56 Å². The highest BCUT2D eigenvalue weighted by Gasteiger charge is 2.10. The zero-order valence-corrected chi connectivity index (χ0v) is 11.1. The lowest BCUT2D eigenvalue weighted by Crippen LogP contribution is -2.27. The van der Waals surface area contributed by atoms with Crippen LogP contribution in [0.25, 0.3) is 0 Å². The summed E-state index contributed by atoms with van der Waals surface area (Å²) in [4.78, 5) is 22.4. The van der Waals surface area contributed by atoms with Crippen molar-refractivity contribution in [1.82, 2.24) is 5.32 Å². The summed E-state index contributed by atoms with van der Waals surface area (Å²) in [5, 5.41) is 27.3. The molecule has 2 rings (SSSR count). The van der Waals surface area contributed by atoms with E-state index >= 15 is 0 Å². The zero-order valence-electron chi connectivity index (χ0n) is 10.3. The molecular weight excluding hydrogens is 280 g/mol. The first-order valence-electron chi connectivity index (χ1n) is 5.68. The lowest BCUT2D eigenvalue weighted by atomic mass is 10.2. The number of anilines is 1. The normalized spacial score (nSPS) is 10.0. The van der Waals surface area contributed by atoms with Gasteiger partial charge in [-0.15, -0.1) is 0 Å². The second-order valence-electron chi connectivity index (χ2n) is 3.98. The van der Waals surface area contributed by atoms with Crippen LogP contribution in [0.1, 0.15) is 15.9 Å². The Kier molecular flexibility index (Phi) is 4.21. The first-order valence-corrected chi connectivity index (χ1v) is 6.63. The summed E-state index contributed by atoms with van der Waals surface area (Å²) in [6, 6.07) is 5.30. The molecule has 20 heavy (non-hydrogen) atoms. The van der Waals surface area contributed by atoms with Crippen molar-refractivity contribution in [2.75, 3.05) is 5.32 Å². The predicted molar refractivity (Wildman–Crippen MR) is 75.2 cm³/mol. The Bertz CT molecular complexity index is 625. The summed E-state index contributed by atoms with van der Waals surface area (Å²) in [5.41, 5.74) is 1.10. The predicted octanol–water partition coefficient (Wildman–Crippen LogP) is 2.47. The van der Waals surface area contributed by atoms with E-state index < -0.39 is 17.7 Å². The number of thiophene rings is 1. The number of aromatic hydroxyl groups is 1. The standard InChI is InChI=1S/C13H12N2O4S/c16-11-5-9(1-2-10(11)12(17)18)15-13(19)14-6-8-3-4-20-7-8/h1-5,7,16H,6H2,(H,17,18)(H2,14,15,19). The van der Waals surface area contributed by atoms with Gasteiger partial charge in [0.25, 0.3) is 0 Å². The molecule has 0 saturated heterocycles. The topological polar surface area (TPSA) is 98.7 Å². The monoisotopic (exact) mass is 292 g/mol. The quantitative estimate of drug-likeness (QED) is 0.695. The third kappa shape index (κ3) is 3.48. The van der Waals surface area contributed by atoms with Crippen LogP contribution in [0.5, 0.6) is 5.75 Å². The van der Waals surface area contributed by atoms with E-state index in [1.165, 1.54) is 18.2 Å². The van der Waals surface area contributed by atoms with Crippen LogP contribution in [-0.4, -0.2) is 22.2 Å². The Morgan fingerprint density at radius 3 is 2.65 bits per heavy atom. The molecule has 0 saturated carbocycles. The molecule has 0 radical (unpaired) electrons.